The Balaban J connectivity index is 4.09. The highest BCUT2D eigenvalue weighted by Crippen LogP contribution is 2.26. The Hall–Kier alpha value is -0.160. The predicted octanol–water partition coefficient (Wildman–Crippen LogP) is 4.82. The summed E-state index contributed by atoms with van der Waals surface area (Å²) in [4.78, 5) is 21.8. The molecule has 2 atom stereocenters. The fourth-order valence-corrected chi connectivity index (χ4v) is 1.25. The summed E-state index contributed by atoms with van der Waals surface area (Å²) in [6.07, 6.45) is 3.78. The molecule has 0 aromatic heterocycles. The summed E-state index contributed by atoms with van der Waals surface area (Å²) >= 11 is 0. The van der Waals surface area contributed by atoms with Gasteiger partial charge in [-0.1, -0.05) is 13.8 Å². The van der Waals surface area contributed by atoms with Gasteiger partial charge in [0.15, 0.2) is 0 Å². The molecule has 122 valence electrons. The summed E-state index contributed by atoms with van der Waals surface area (Å²) < 4.78 is 0. The van der Waals surface area contributed by atoms with Gasteiger partial charge in [0.25, 0.3) is 0 Å². The molecule has 0 heterocycles. The van der Waals surface area contributed by atoms with Gasteiger partial charge in [0, 0.05) is 0 Å². The molecule has 4 heteroatoms. The first-order chi connectivity index (χ1) is 9.12. The van der Waals surface area contributed by atoms with Crippen molar-refractivity contribution < 1.29 is 19.6 Å². The maximum Gasteiger partial charge on any atom is 0.0981 e. The van der Waals surface area contributed by atoms with E-state index in [0.717, 1.165) is 25.7 Å². The molecule has 20 heavy (non-hydrogen) atoms. The zero-order chi connectivity index (χ0) is 15.8. The van der Waals surface area contributed by atoms with Crippen LogP contribution in [0.5, 0.6) is 0 Å². The lowest BCUT2D eigenvalue weighted by Gasteiger charge is -2.30. The molecule has 0 spiro atoms. The molecule has 0 bridgehead atoms. The summed E-state index contributed by atoms with van der Waals surface area (Å²) in [5.74, 6) is 0. The Morgan fingerprint density at radius 3 is 1.25 bits per heavy atom. The van der Waals surface area contributed by atoms with Crippen molar-refractivity contribution in [3.05, 3.63) is 0 Å². The second kappa shape index (κ2) is 8.98. The summed E-state index contributed by atoms with van der Waals surface area (Å²) in [6.45, 7) is 16.3. The molecule has 0 aliphatic heterocycles. The van der Waals surface area contributed by atoms with Crippen molar-refractivity contribution in [2.75, 3.05) is 0 Å². The van der Waals surface area contributed by atoms with E-state index in [-0.39, 0.29) is 23.4 Å². The second-order valence-corrected chi connectivity index (χ2v) is 6.82. The fraction of sp³-hybridized carbons (Fsp3) is 1.00. The molecule has 0 amide bonds. The van der Waals surface area contributed by atoms with E-state index in [2.05, 4.69) is 13.8 Å². The molecule has 0 aromatic carbocycles. The maximum atomic E-state index is 5.53. The average Bonchev–Trinajstić information content (AvgIpc) is 2.40. The SMILES string of the molecule is CCC(C)OOC(C)(C)CCC(C)(C)OOC(C)CC. The van der Waals surface area contributed by atoms with Gasteiger partial charge < -0.3 is 0 Å². The van der Waals surface area contributed by atoms with Gasteiger partial charge in [-0.3, -0.25) is 0 Å². The molecule has 4 nitrogen and oxygen atoms in total. The quantitative estimate of drug-likeness (QED) is 0.404. The molecule has 0 saturated heterocycles. The third kappa shape index (κ3) is 9.70. The molecule has 0 aliphatic rings. The lowest BCUT2D eigenvalue weighted by molar-refractivity contribution is -0.389. The maximum absolute atomic E-state index is 5.53. The van der Waals surface area contributed by atoms with E-state index in [1.807, 2.05) is 41.5 Å². The first-order valence-electron chi connectivity index (χ1n) is 7.81. The molecule has 0 saturated carbocycles. The van der Waals surface area contributed by atoms with Crippen LogP contribution in [0.1, 0.15) is 81.1 Å². The number of rotatable bonds is 11. The van der Waals surface area contributed by atoms with Crippen LogP contribution in [0.3, 0.4) is 0 Å². The zero-order valence-electron chi connectivity index (χ0n) is 14.6. The monoisotopic (exact) mass is 290 g/mol. The van der Waals surface area contributed by atoms with Crippen LogP contribution in [0.25, 0.3) is 0 Å². The van der Waals surface area contributed by atoms with Crippen molar-refractivity contribution in [3.63, 3.8) is 0 Å². The minimum Gasteiger partial charge on any atom is -0.233 e. The lowest BCUT2D eigenvalue weighted by Crippen LogP contribution is -2.33. The summed E-state index contributed by atoms with van der Waals surface area (Å²) in [6, 6.07) is 0. The number of hydrogen-bond acceptors (Lipinski definition) is 4. The van der Waals surface area contributed by atoms with Crippen molar-refractivity contribution in [1.29, 1.82) is 0 Å². The van der Waals surface area contributed by atoms with Crippen LogP contribution in [-0.2, 0) is 19.6 Å². The normalized spacial score (nSPS) is 16.2. The smallest absolute Gasteiger partial charge is 0.0981 e. The summed E-state index contributed by atoms with van der Waals surface area (Å²) in [5, 5.41) is 0. The summed E-state index contributed by atoms with van der Waals surface area (Å²) in [7, 11) is 0. The standard InChI is InChI=1S/C16H34O4/c1-9-13(3)17-19-15(5,6)11-12-16(7,8)20-18-14(4)10-2/h13-14H,9-12H2,1-8H3. The Bertz CT molecular complexity index is 225. The molecule has 0 aliphatic carbocycles. The molecule has 0 aromatic rings. The molecule has 0 radical (unpaired) electrons. The van der Waals surface area contributed by atoms with E-state index in [4.69, 9.17) is 19.6 Å². The van der Waals surface area contributed by atoms with Crippen LogP contribution >= 0.6 is 0 Å². The van der Waals surface area contributed by atoms with Gasteiger partial charge in [0.2, 0.25) is 0 Å². The average molecular weight is 290 g/mol. The van der Waals surface area contributed by atoms with Crippen LogP contribution in [0, 0.1) is 0 Å². The van der Waals surface area contributed by atoms with E-state index in [1.54, 1.807) is 0 Å². The Morgan fingerprint density at radius 2 is 1.00 bits per heavy atom. The highest BCUT2D eigenvalue weighted by atomic mass is 17.2. The molecule has 0 rings (SSSR count). The van der Waals surface area contributed by atoms with Gasteiger partial charge >= 0.3 is 0 Å². The second-order valence-electron chi connectivity index (χ2n) is 6.82. The van der Waals surface area contributed by atoms with Gasteiger partial charge in [-0.2, -0.15) is 0 Å². The van der Waals surface area contributed by atoms with Crippen LogP contribution in [-0.4, -0.2) is 23.4 Å². The van der Waals surface area contributed by atoms with Crippen LogP contribution < -0.4 is 0 Å². The van der Waals surface area contributed by atoms with Crippen LogP contribution in [0.15, 0.2) is 0 Å². The number of hydrogen-bond donors (Lipinski definition) is 0. The minimum absolute atomic E-state index is 0.118. The minimum atomic E-state index is -0.333. The highest BCUT2D eigenvalue weighted by Gasteiger charge is 2.28. The molecule has 2 unspecified atom stereocenters. The fourth-order valence-electron chi connectivity index (χ4n) is 1.25. The van der Waals surface area contributed by atoms with Crippen LogP contribution in [0.4, 0.5) is 0 Å². The van der Waals surface area contributed by atoms with Crippen molar-refractivity contribution in [1.82, 2.24) is 0 Å². The van der Waals surface area contributed by atoms with E-state index >= 15 is 0 Å². The highest BCUT2D eigenvalue weighted by molar-refractivity contribution is 4.75. The van der Waals surface area contributed by atoms with Crippen molar-refractivity contribution in [3.8, 4) is 0 Å². The van der Waals surface area contributed by atoms with Crippen molar-refractivity contribution >= 4 is 0 Å². The third-order valence-electron chi connectivity index (χ3n) is 3.35. The van der Waals surface area contributed by atoms with Gasteiger partial charge in [0.05, 0.1) is 23.4 Å². The van der Waals surface area contributed by atoms with E-state index in [0.29, 0.717) is 0 Å². The van der Waals surface area contributed by atoms with Gasteiger partial charge in [0.1, 0.15) is 0 Å². The topological polar surface area (TPSA) is 36.9 Å². The van der Waals surface area contributed by atoms with Crippen molar-refractivity contribution in [2.45, 2.75) is 104 Å². The van der Waals surface area contributed by atoms with Crippen molar-refractivity contribution in [2.24, 2.45) is 0 Å². The van der Waals surface area contributed by atoms with Gasteiger partial charge in [-0.05, 0) is 67.2 Å². The largest absolute Gasteiger partial charge is 0.233 e. The molecular formula is C16H34O4. The summed E-state index contributed by atoms with van der Waals surface area (Å²) in [5.41, 5.74) is -0.666. The molecule has 0 fully saturated rings. The van der Waals surface area contributed by atoms with E-state index in [9.17, 15) is 0 Å². The Kier molecular flexibility index (Phi) is 8.91. The molecule has 0 N–H and O–H groups in total. The van der Waals surface area contributed by atoms with E-state index in [1.165, 1.54) is 0 Å². The van der Waals surface area contributed by atoms with Crippen LogP contribution in [0.2, 0.25) is 0 Å². The Labute approximate surface area is 125 Å². The first-order valence-corrected chi connectivity index (χ1v) is 7.81. The first kappa shape index (κ1) is 19.8. The predicted molar refractivity (Wildman–Crippen MR) is 81.2 cm³/mol. The van der Waals surface area contributed by atoms with E-state index < -0.39 is 0 Å². The van der Waals surface area contributed by atoms with Gasteiger partial charge in [-0.15, -0.1) is 0 Å². The zero-order valence-corrected chi connectivity index (χ0v) is 14.6. The molecular weight excluding hydrogens is 256 g/mol. The Morgan fingerprint density at radius 1 is 0.700 bits per heavy atom. The van der Waals surface area contributed by atoms with Gasteiger partial charge in [-0.25, -0.2) is 19.6 Å². The third-order valence-corrected chi connectivity index (χ3v) is 3.35. The lowest BCUT2D eigenvalue weighted by atomic mass is 9.94.